The Bertz CT molecular complexity index is 1880. The van der Waals surface area contributed by atoms with E-state index in [1.54, 1.807) is 22.7 Å². The maximum Gasteiger partial charge on any atom is 0.154 e. The molecular weight excluding hydrogens is 752 g/mol. The summed E-state index contributed by atoms with van der Waals surface area (Å²) in [5.74, 6) is 1.70. The van der Waals surface area contributed by atoms with Crippen molar-refractivity contribution in [1.82, 2.24) is 0 Å². The van der Waals surface area contributed by atoms with Crippen LogP contribution in [-0.2, 0) is 0 Å². The summed E-state index contributed by atoms with van der Waals surface area (Å²) in [6, 6.07) is 17.1. The fraction of sp³-hybridized carbons (Fsp3) is 0.0714. The average Bonchev–Trinajstić information content (AvgIpc) is 3.54. The van der Waals surface area contributed by atoms with Crippen molar-refractivity contribution in [1.29, 1.82) is 0 Å². The van der Waals surface area contributed by atoms with Crippen LogP contribution < -0.4 is 0 Å². The first-order valence-electron chi connectivity index (χ1n) is 11.0. The second-order valence-electron chi connectivity index (χ2n) is 8.82. The first-order valence-corrected chi connectivity index (χ1v) is 15.8. The molecule has 0 spiro atoms. The summed E-state index contributed by atoms with van der Waals surface area (Å²) in [6.45, 7) is 4.17. The third-order valence-electron chi connectivity index (χ3n) is 6.35. The molecule has 0 bridgehead atoms. The second kappa shape index (κ2) is 8.55. The molecule has 0 aliphatic heterocycles. The van der Waals surface area contributed by atoms with Crippen molar-refractivity contribution in [3.05, 3.63) is 77.5 Å². The van der Waals surface area contributed by atoms with E-state index in [2.05, 4.69) is 126 Å². The lowest BCUT2D eigenvalue weighted by atomic mass is 10.1. The maximum atomic E-state index is 6.49. The molecule has 0 atom stereocenters. The van der Waals surface area contributed by atoms with Crippen LogP contribution in [0.25, 0.3) is 63.4 Å². The standard InChI is InChI=1S/C28H14Br4O2S2/c1-11-3-5-13(17(29)7-11)23-21(31)27-25(33-23)15-9-20-16(10-19(15)35-27)26-28(36-20)22(32)24(34-26)14-6-4-12(2)8-18(14)30/h3-10H,1-2H3. The summed E-state index contributed by atoms with van der Waals surface area (Å²) in [5.41, 5.74) is 6.32. The lowest BCUT2D eigenvalue weighted by molar-refractivity contribution is 0.632. The number of thiophene rings is 2. The normalized spacial score (nSPS) is 12.2. The molecule has 4 heterocycles. The van der Waals surface area contributed by atoms with Gasteiger partial charge in [-0.2, -0.15) is 0 Å². The number of furan rings is 2. The molecule has 178 valence electrons. The zero-order valence-electron chi connectivity index (χ0n) is 18.8. The number of benzene rings is 3. The Morgan fingerprint density at radius 3 is 1.39 bits per heavy atom. The van der Waals surface area contributed by atoms with Crippen LogP contribution in [0.5, 0.6) is 0 Å². The zero-order valence-corrected chi connectivity index (χ0v) is 26.7. The highest BCUT2D eigenvalue weighted by atomic mass is 79.9. The quantitative estimate of drug-likeness (QED) is 0.175. The van der Waals surface area contributed by atoms with E-state index in [0.29, 0.717) is 0 Å². The van der Waals surface area contributed by atoms with Crippen molar-refractivity contribution in [2.24, 2.45) is 0 Å². The molecule has 4 aromatic heterocycles. The molecule has 0 saturated carbocycles. The Hall–Kier alpha value is -1.42. The third kappa shape index (κ3) is 3.48. The van der Waals surface area contributed by atoms with E-state index in [1.807, 2.05) is 0 Å². The molecule has 7 aromatic rings. The fourth-order valence-electron chi connectivity index (χ4n) is 4.59. The Balaban J connectivity index is 1.43. The van der Waals surface area contributed by atoms with Gasteiger partial charge in [0.15, 0.2) is 22.7 Å². The summed E-state index contributed by atoms with van der Waals surface area (Å²) in [4.78, 5) is 0. The number of hydrogen-bond acceptors (Lipinski definition) is 4. The van der Waals surface area contributed by atoms with E-state index in [1.165, 1.54) is 20.5 Å². The monoisotopic (exact) mass is 762 g/mol. The molecule has 0 radical (unpaired) electrons. The van der Waals surface area contributed by atoms with Crippen LogP contribution >= 0.6 is 86.4 Å². The van der Waals surface area contributed by atoms with Crippen molar-refractivity contribution < 1.29 is 8.83 Å². The van der Waals surface area contributed by atoms with Crippen LogP contribution in [0.4, 0.5) is 0 Å². The summed E-state index contributed by atoms with van der Waals surface area (Å²) in [7, 11) is 0. The minimum atomic E-state index is 0.848. The van der Waals surface area contributed by atoms with E-state index < -0.39 is 0 Å². The predicted molar refractivity (Wildman–Crippen MR) is 168 cm³/mol. The Kier molecular flexibility index (Phi) is 5.62. The van der Waals surface area contributed by atoms with E-state index in [-0.39, 0.29) is 0 Å². The van der Waals surface area contributed by atoms with Gasteiger partial charge in [-0.05, 0) is 93.2 Å². The molecule has 0 saturated heterocycles. The number of halogens is 4. The van der Waals surface area contributed by atoms with Gasteiger partial charge in [0, 0.05) is 40.2 Å². The van der Waals surface area contributed by atoms with E-state index in [0.717, 1.165) is 71.9 Å². The van der Waals surface area contributed by atoms with Crippen molar-refractivity contribution >= 4 is 127 Å². The van der Waals surface area contributed by atoms with Crippen molar-refractivity contribution in [2.45, 2.75) is 13.8 Å². The molecule has 2 nitrogen and oxygen atoms in total. The molecule has 0 aliphatic carbocycles. The van der Waals surface area contributed by atoms with Gasteiger partial charge in [0.1, 0.15) is 0 Å². The number of aryl methyl sites for hydroxylation is 2. The van der Waals surface area contributed by atoms with Crippen LogP contribution in [0.1, 0.15) is 11.1 Å². The molecular formula is C28H14Br4O2S2. The van der Waals surface area contributed by atoms with Crippen molar-refractivity contribution in [3.8, 4) is 22.6 Å². The minimum absolute atomic E-state index is 0.848. The van der Waals surface area contributed by atoms with Gasteiger partial charge < -0.3 is 8.83 Å². The number of hydrogen-bond donors (Lipinski definition) is 0. The van der Waals surface area contributed by atoms with Crippen LogP contribution in [-0.4, -0.2) is 0 Å². The van der Waals surface area contributed by atoms with Crippen LogP contribution in [0.3, 0.4) is 0 Å². The van der Waals surface area contributed by atoms with Gasteiger partial charge in [0.25, 0.3) is 0 Å². The molecule has 0 N–H and O–H groups in total. The lowest BCUT2D eigenvalue weighted by Gasteiger charge is -2.03. The highest BCUT2D eigenvalue weighted by molar-refractivity contribution is 9.11. The van der Waals surface area contributed by atoms with E-state index in [9.17, 15) is 0 Å². The predicted octanol–water partition coefficient (Wildman–Crippen LogP) is 12.6. The van der Waals surface area contributed by atoms with Gasteiger partial charge in [-0.1, -0.05) is 44.0 Å². The SMILES string of the molecule is Cc1ccc(-c2oc3c(sc4cc5c(cc43)sc3c(Br)c(-c4ccc(C)cc4Br)oc35)c2Br)c(Br)c1. The molecule has 36 heavy (non-hydrogen) atoms. The van der Waals surface area contributed by atoms with Crippen LogP contribution in [0.15, 0.2) is 75.3 Å². The maximum absolute atomic E-state index is 6.49. The number of fused-ring (bicyclic) bond motifs is 6. The smallest absolute Gasteiger partial charge is 0.154 e. The molecule has 3 aromatic carbocycles. The first kappa shape index (κ1) is 23.7. The Labute approximate surface area is 247 Å². The minimum Gasteiger partial charge on any atom is -0.453 e. The average molecular weight is 766 g/mol. The van der Waals surface area contributed by atoms with E-state index >= 15 is 0 Å². The lowest BCUT2D eigenvalue weighted by Crippen LogP contribution is -1.80. The summed E-state index contributed by atoms with van der Waals surface area (Å²) in [6.07, 6.45) is 0. The highest BCUT2D eigenvalue weighted by Crippen LogP contribution is 2.51. The molecule has 0 fully saturated rings. The van der Waals surface area contributed by atoms with Gasteiger partial charge >= 0.3 is 0 Å². The van der Waals surface area contributed by atoms with Gasteiger partial charge in [0.2, 0.25) is 0 Å². The van der Waals surface area contributed by atoms with Crippen LogP contribution in [0.2, 0.25) is 0 Å². The van der Waals surface area contributed by atoms with Gasteiger partial charge in [-0.15, -0.1) is 22.7 Å². The fourth-order valence-corrected chi connectivity index (χ4v) is 9.54. The molecule has 0 unspecified atom stereocenters. The molecule has 0 amide bonds. The van der Waals surface area contributed by atoms with Gasteiger partial charge in [0.05, 0.1) is 18.3 Å². The summed E-state index contributed by atoms with van der Waals surface area (Å²) in [5, 5.41) is 2.25. The van der Waals surface area contributed by atoms with Gasteiger partial charge in [-0.25, -0.2) is 0 Å². The summed E-state index contributed by atoms with van der Waals surface area (Å²) < 4.78 is 21.6. The van der Waals surface area contributed by atoms with Crippen molar-refractivity contribution in [3.63, 3.8) is 0 Å². The Morgan fingerprint density at radius 1 is 0.583 bits per heavy atom. The summed E-state index contributed by atoms with van der Waals surface area (Å²) >= 11 is 18.5. The third-order valence-corrected chi connectivity index (χ3v) is 12.0. The molecule has 0 aliphatic rings. The second-order valence-corrected chi connectivity index (χ2v) is 14.2. The largest absolute Gasteiger partial charge is 0.453 e. The highest BCUT2D eigenvalue weighted by Gasteiger charge is 2.24. The zero-order chi connectivity index (χ0) is 24.9. The topological polar surface area (TPSA) is 26.3 Å². The van der Waals surface area contributed by atoms with Crippen LogP contribution in [0, 0.1) is 13.8 Å². The molecule has 7 rings (SSSR count). The Morgan fingerprint density at radius 2 is 1.00 bits per heavy atom. The van der Waals surface area contributed by atoms with Crippen molar-refractivity contribution in [2.75, 3.05) is 0 Å². The molecule has 8 heteroatoms. The van der Waals surface area contributed by atoms with Gasteiger partial charge in [-0.3, -0.25) is 0 Å². The number of rotatable bonds is 2. The van der Waals surface area contributed by atoms with E-state index in [4.69, 9.17) is 8.83 Å². The first-order chi connectivity index (χ1) is 17.3.